The van der Waals surface area contributed by atoms with Crippen LogP contribution in [0.2, 0.25) is 0 Å². The summed E-state index contributed by atoms with van der Waals surface area (Å²) in [6.45, 7) is 6.20. The van der Waals surface area contributed by atoms with Crippen LogP contribution in [-0.4, -0.2) is 51.1 Å². The van der Waals surface area contributed by atoms with Gasteiger partial charge in [0.25, 0.3) is 0 Å². The molecule has 1 aliphatic heterocycles. The molecule has 2 rings (SSSR count). The molecule has 2 N–H and O–H groups in total. The monoisotopic (exact) mass is 309 g/mol. The van der Waals surface area contributed by atoms with Crippen molar-refractivity contribution in [2.24, 2.45) is 0 Å². The van der Waals surface area contributed by atoms with Crippen LogP contribution in [-0.2, 0) is 10.3 Å². The molecule has 22 heavy (non-hydrogen) atoms. The van der Waals surface area contributed by atoms with Crippen LogP contribution in [0.1, 0.15) is 49.7 Å². The van der Waals surface area contributed by atoms with E-state index in [-0.39, 0.29) is 12.7 Å². The lowest BCUT2D eigenvalue weighted by atomic mass is 9.86. The van der Waals surface area contributed by atoms with Crippen LogP contribution < -0.4 is 0 Å². The fourth-order valence-electron chi connectivity index (χ4n) is 2.85. The smallest absolute Gasteiger partial charge is 0.407 e. The van der Waals surface area contributed by atoms with Crippen molar-refractivity contribution in [2.75, 3.05) is 19.9 Å². The number of carbonyl (C=O) groups is 1. The molecule has 1 aromatic heterocycles. The van der Waals surface area contributed by atoms with Gasteiger partial charge < -0.3 is 19.8 Å². The summed E-state index contributed by atoms with van der Waals surface area (Å²) >= 11 is 0. The minimum absolute atomic E-state index is 0.175. The van der Waals surface area contributed by atoms with E-state index in [9.17, 15) is 4.79 Å². The second-order valence-corrected chi connectivity index (χ2v) is 6.04. The Bertz CT molecular complexity index is 540. The lowest BCUT2D eigenvalue weighted by Gasteiger charge is -2.33. The molecule has 7 heteroatoms. The Morgan fingerprint density at radius 3 is 2.64 bits per heavy atom. The fraction of sp³-hybridized carbons (Fsp3) is 0.667. The van der Waals surface area contributed by atoms with Crippen LogP contribution in [0.5, 0.6) is 0 Å². The molecule has 7 nitrogen and oxygen atoms in total. The molecule has 0 aromatic carbocycles. The molecule has 0 radical (unpaired) electrons. The van der Waals surface area contributed by atoms with Crippen molar-refractivity contribution in [2.45, 2.75) is 45.1 Å². The van der Waals surface area contributed by atoms with Crippen molar-refractivity contribution in [1.82, 2.24) is 14.9 Å². The van der Waals surface area contributed by atoms with Crippen molar-refractivity contribution >= 4 is 6.09 Å². The highest BCUT2D eigenvalue weighted by Crippen LogP contribution is 2.35. The molecular weight excluding hydrogens is 286 g/mol. The van der Waals surface area contributed by atoms with E-state index in [2.05, 4.69) is 9.97 Å². The molecule has 0 atom stereocenters. The second-order valence-electron chi connectivity index (χ2n) is 6.04. The average molecular weight is 309 g/mol. The number of nitrogens with zero attached hydrogens (tertiary/aromatic N) is 3. The van der Waals surface area contributed by atoms with Crippen LogP contribution in [0.3, 0.4) is 0 Å². The van der Waals surface area contributed by atoms with Gasteiger partial charge in [-0.15, -0.1) is 0 Å². The van der Waals surface area contributed by atoms with Gasteiger partial charge in [0.15, 0.2) is 0 Å². The predicted octanol–water partition coefficient (Wildman–Crippen LogP) is 1.84. The Balaban J connectivity index is 2.27. The van der Waals surface area contributed by atoms with Gasteiger partial charge in [-0.2, -0.15) is 0 Å². The third-order valence-corrected chi connectivity index (χ3v) is 4.16. The molecule has 1 aliphatic rings. The number of hydrogen-bond donors (Lipinski definition) is 2. The van der Waals surface area contributed by atoms with E-state index >= 15 is 0 Å². The van der Waals surface area contributed by atoms with Crippen LogP contribution >= 0.6 is 0 Å². The van der Waals surface area contributed by atoms with Gasteiger partial charge in [0.1, 0.15) is 12.6 Å². The summed E-state index contributed by atoms with van der Waals surface area (Å²) in [5.74, 6) is 0.855. The van der Waals surface area contributed by atoms with Gasteiger partial charge in [0, 0.05) is 30.8 Å². The van der Waals surface area contributed by atoms with E-state index < -0.39 is 11.7 Å². The van der Waals surface area contributed by atoms with Crippen molar-refractivity contribution in [1.29, 1.82) is 0 Å². The SMILES string of the molecule is Cc1ncc(C(C)(C)OCO)c(C2CCN(C(=O)O)CC2)n1. The molecule has 0 unspecified atom stereocenters. The molecule has 0 aliphatic carbocycles. The number of aliphatic hydroxyl groups excluding tert-OH is 1. The number of ether oxygens (including phenoxy) is 1. The zero-order chi connectivity index (χ0) is 16.3. The summed E-state index contributed by atoms with van der Waals surface area (Å²) < 4.78 is 5.42. The van der Waals surface area contributed by atoms with Crippen molar-refractivity contribution < 1.29 is 19.7 Å². The summed E-state index contributed by atoms with van der Waals surface area (Å²) in [4.78, 5) is 21.3. The van der Waals surface area contributed by atoms with E-state index in [1.165, 1.54) is 4.90 Å². The van der Waals surface area contributed by atoms with Crippen molar-refractivity contribution in [3.05, 3.63) is 23.3 Å². The maximum absolute atomic E-state index is 11.0. The second kappa shape index (κ2) is 6.58. The van der Waals surface area contributed by atoms with Crippen molar-refractivity contribution in [3.8, 4) is 0 Å². The molecule has 1 aromatic rings. The Hall–Kier alpha value is -1.73. The van der Waals surface area contributed by atoms with E-state index in [0.29, 0.717) is 18.9 Å². The Morgan fingerprint density at radius 2 is 2.09 bits per heavy atom. The Morgan fingerprint density at radius 1 is 1.45 bits per heavy atom. The van der Waals surface area contributed by atoms with Gasteiger partial charge in [0.05, 0.1) is 11.3 Å². The van der Waals surface area contributed by atoms with Crippen LogP contribution in [0.15, 0.2) is 6.20 Å². The van der Waals surface area contributed by atoms with Crippen molar-refractivity contribution in [3.63, 3.8) is 0 Å². The number of carboxylic acid groups (broad SMARTS) is 1. The van der Waals surface area contributed by atoms with Crippen LogP contribution in [0.4, 0.5) is 4.79 Å². The standard InChI is InChI=1S/C15H23N3O4/c1-10-16-8-12(15(2,3)22-9-19)13(17-10)11-4-6-18(7-5-11)14(20)21/h8,11,19H,4-7,9H2,1-3H3,(H,20,21). The lowest BCUT2D eigenvalue weighted by Crippen LogP contribution is -2.37. The topological polar surface area (TPSA) is 95.8 Å². The first kappa shape index (κ1) is 16.6. The first-order valence-electron chi connectivity index (χ1n) is 7.42. The molecule has 1 saturated heterocycles. The number of aryl methyl sites for hydroxylation is 1. The summed E-state index contributed by atoms with van der Waals surface area (Å²) in [6.07, 6.45) is 2.33. The molecule has 122 valence electrons. The molecule has 1 amide bonds. The van der Waals surface area contributed by atoms with Gasteiger partial charge in [-0.05, 0) is 33.6 Å². The minimum Gasteiger partial charge on any atom is -0.465 e. The maximum Gasteiger partial charge on any atom is 0.407 e. The average Bonchev–Trinajstić information content (AvgIpc) is 2.47. The molecule has 2 heterocycles. The van der Waals surface area contributed by atoms with Gasteiger partial charge in [-0.25, -0.2) is 14.8 Å². The highest BCUT2D eigenvalue weighted by Gasteiger charge is 2.32. The van der Waals surface area contributed by atoms with E-state index in [1.807, 2.05) is 20.8 Å². The Kier molecular flexibility index (Phi) is 4.97. The largest absolute Gasteiger partial charge is 0.465 e. The third kappa shape index (κ3) is 3.53. The van der Waals surface area contributed by atoms with E-state index in [4.69, 9.17) is 14.9 Å². The molecular formula is C15H23N3O4. The van der Waals surface area contributed by atoms with Gasteiger partial charge >= 0.3 is 6.09 Å². The van der Waals surface area contributed by atoms with Crippen LogP contribution in [0.25, 0.3) is 0 Å². The predicted molar refractivity (Wildman–Crippen MR) is 79.5 cm³/mol. The van der Waals surface area contributed by atoms with Gasteiger partial charge in [-0.3, -0.25) is 0 Å². The summed E-state index contributed by atoms with van der Waals surface area (Å²) in [5, 5.41) is 18.1. The molecule has 1 fully saturated rings. The zero-order valence-electron chi connectivity index (χ0n) is 13.2. The third-order valence-electron chi connectivity index (χ3n) is 4.16. The van der Waals surface area contributed by atoms with Gasteiger partial charge in [0.2, 0.25) is 0 Å². The fourth-order valence-corrected chi connectivity index (χ4v) is 2.85. The molecule has 0 bridgehead atoms. The van der Waals surface area contributed by atoms with Gasteiger partial charge in [-0.1, -0.05) is 0 Å². The number of hydrogen-bond acceptors (Lipinski definition) is 5. The number of amides is 1. The molecule has 0 saturated carbocycles. The lowest BCUT2D eigenvalue weighted by molar-refractivity contribution is -0.103. The zero-order valence-corrected chi connectivity index (χ0v) is 13.2. The van der Waals surface area contributed by atoms with E-state index in [1.54, 1.807) is 6.20 Å². The Labute approximate surface area is 130 Å². The summed E-state index contributed by atoms with van der Waals surface area (Å²) in [5.41, 5.74) is 1.05. The number of aliphatic hydroxyl groups is 1. The number of likely N-dealkylation sites (tertiary alicyclic amines) is 1. The quantitative estimate of drug-likeness (QED) is 0.824. The summed E-state index contributed by atoms with van der Waals surface area (Å²) in [7, 11) is 0. The highest BCUT2D eigenvalue weighted by molar-refractivity contribution is 5.65. The number of rotatable bonds is 4. The number of aromatic nitrogens is 2. The van der Waals surface area contributed by atoms with Crippen LogP contribution in [0, 0.1) is 6.92 Å². The highest BCUT2D eigenvalue weighted by atomic mass is 16.6. The maximum atomic E-state index is 11.0. The normalized spacial score (nSPS) is 16.8. The number of piperidine rings is 1. The summed E-state index contributed by atoms with van der Waals surface area (Å²) in [6, 6.07) is 0. The van der Waals surface area contributed by atoms with E-state index in [0.717, 1.165) is 24.1 Å². The minimum atomic E-state index is -0.874. The molecule has 0 spiro atoms. The first-order valence-corrected chi connectivity index (χ1v) is 7.42. The first-order chi connectivity index (χ1) is 10.3.